The van der Waals surface area contributed by atoms with E-state index in [0.29, 0.717) is 18.1 Å². The zero-order valence-corrected chi connectivity index (χ0v) is 7.00. The maximum absolute atomic E-state index is 11.4. The smallest absolute Gasteiger partial charge is 0.248 e. The van der Waals surface area contributed by atoms with Crippen LogP contribution in [0.5, 0.6) is 0 Å². The Morgan fingerprint density at radius 3 is 3.17 bits per heavy atom. The number of hydrogen-bond donors (Lipinski definition) is 0. The van der Waals surface area contributed by atoms with Gasteiger partial charge in [-0.05, 0) is 6.08 Å². The zero-order chi connectivity index (χ0) is 8.39. The first-order valence-electron chi connectivity index (χ1n) is 3.53. The highest BCUT2D eigenvalue weighted by molar-refractivity contribution is 6.99. The zero-order valence-electron chi connectivity index (χ0n) is 6.19. The second kappa shape index (κ2) is 3.02. The molecule has 0 saturated heterocycles. The van der Waals surface area contributed by atoms with E-state index in [-0.39, 0.29) is 5.78 Å². The molecular formula is C7H6N2O2S. The van der Waals surface area contributed by atoms with Crippen LogP contribution < -0.4 is 0 Å². The van der Waals surface area contributed by atoms with E-state index in [0.717, 1.165) is 18.1 Å². The van der Waals surface area contributed by atoms with E-state index < -0.39 is 0 Å². The number of carbonyl (C=O) groups excluding carboxylic acids is 1. The highest BCUT2D eigenvalue weighted by Gasteiger charge is 2.18. The van der Waals surface area contributed by atoms with Crippen molar-refractivity contribution in [3.05, 3.63) is 23.7 Å². The standard InChI is InChI=1S/C7H6N2O2S/c10-7(5-4-8-12-9-5)6-2-1-3-11-6/h2,4H,1,3H2. The van der Waals surface area contributed by atoms with Crippen molar-refractivity contribution in [2.75, 3.05) is 6.61 Å². The number of nitrogens with zero attached hydrogens (tertiary/aromatic N) is 2. The SMILES string of the molecule is O=C(C1=CCCO1)c1cnsn1. The van der Waals surface area contributed by atoms with Crippen molar-refractivity contribution in [2.24, 2.45) is 0 Å². The van der Waals surface area contributed by atoms with Gasteiger partial charge in [0, 0.05) is 6.42 Å². The van der Waals surface area contributed by atoms with E-state index >= 15 is 0 Å². The van der Waals surface area contributed by atoms with Crippen molar-refractivity contribution in [3.63, 3.8) is 0 Å². The van der Waals surface area contributed by atoms with Crippen molar-refractivity contribution in [1.82, 2.24) is 8.75 Å². The van der Waals surface area contributed by atoms with Crippen LogP contribution in [0.15, 0.2) is 18.0 Å². The van der Waals surface area contributed by atoms with Gasteiger partial charge in [0.1, 0.15) is 5.69 Å². The Hall–Kier alpha value is -1.23. The van der Waals surface area contributed by atoms with Crippen LogP contribution in [0.2, 0.25) is 0 Å². The number of allylic oxidation sites excluding steroid dienone is 1. The molecular weight excluding hydrogens is 176 g/mol. The fourth-order valence-electron chi connectivity index (χ4n) is 0.967. The summed E-state index contributed by atoms with van der Waals surface area (Å²) in [5, 5.41) is 0. The number of ketones is 1. The lowest BCUT2D eigenvalue weighted by Crippen LogP contribution is -2.03. The van der Waals surface area contributed by atoms with Crippen LogP contribution in [0, 0.1) is 0 Å². The molecule has 0 amide bonds. The van der Waals surface area contributed by atoms with Crippen LogP contribution in [0.4, 0.5) is 0 Å². The van der Waals surface area contributed by atoms with E-state index in [4.69, 9.17) is 4.74 Å². The number of rotatable bonds is 2. The lowest BCUT2D eigenvalue weighted by Gasteiger charge is -1.97. The summed E-state index contributed by atoms with van der Waals surface area (Å²) >= 11 is 1.02. The normalized spacial score (nSPS) is 15.5. The monoisotopic (exact) mass is 182 g/mol. The number of hydrogen-bond acceptors (Lipinski definition) is 5. The fraction of sp³-hybridized carbons (Fsp3) is 0.286. The molecule has 1 aliphatic rings. The molecule has 0 aromatic carbocycles. The average molecular weight is 182 g/mol. The molecule has 1 aromatic heterocycles. The first-order valence-corrected chi connectivity index (χ1v) is 4.26. The highest BCUT2D eigenvalue weighted by Crippen LogP contribution is 2.14. The molecule has 0 spiro atoms. The Balaban J connectivity index is 2.20. The average Bonchev–Trinajstić information content (AvgIpc) is 2.77. The molecule has 0 N–H and O–H groups in total. The van der Waals surface area contributed by atoms with Crippen LogP contribution in [0.25, 0.3) is 0 Å². The van der Waals surface area contributed by atoms with E-state index in [9.17, 15) is 4.79 Å². The Bertz CT molecular complexity index is 318. The van der Waals surface area contributed by atoms with Gasteiger partial charge in [0.25, 0.3) is 0 Å². The van der Waals surface area contributed by atoms with Gasteiger partial charge >= 0.3 is 0 Å². The molecule has 2 rings (SSSR count). The maximum Gasteiger partial charge on any atom is 0.248 e. The maximum atomic E-state index is 11.4. The summed E-state index contributed by atoms with van der Waals surface area (Å²) in [4.78, 5) is 11.4. The Morgan fingerprint density at radius 1 is 1.67 bits per heavy atom. The minimum atomic E-state index is -0.166. The van der Waals surface area contributed by atoms with E-state index in [2.05, 4.69) is 8.75 Å². The minimum absolute atomic E-state index is 0.166. The molecule has 0 bridgehead atoms. The highest BCUT2D eigenvalue weighted by atomic mass is 32.1. The number of ether oxygens (including phenoxy) is 1. The summed E-state index contributed by atoms with van der Waals surface area (Å²) in [5.41, 5.74) is 0.369. The van der Waals surface area contributed by atoms with Crippen LogP contribution in [-0.2, 0) is 4.74 Å². The van der Waals surface area contributed by atoms with Gasteiger partial charge in [-0.1, -0.05) is 0 Å². The second-order valence-corrected chi connectivity index (χ2v) is 2.88. The van der Waals surface area contributed by atoms with Crippen LogP contribution in [0.3, 0.4) is 0 Å². The Labute approximate surface area is 73.2 Å². The molecule has 4 nitrogen and oxygen atoms in total. The quantitative estimate of drug-likeness (QED) is 0.641. The van der Waals surface area contributed by atoms with Gasteiger partial charge in [0.15, 0.2) is 5.76 Å². The molecule has 2 heterocycles. The van der Waals surface area contributed by atoms with Gasteiger partial charge in [-0.3, -0.25) is 4.79 Å². The topological polar surface area (TPSA) is 52.1 Å². The van der Waals surface area contributed by atoms with Crippen molar-refractivity contribution in [3.8, 4) is 0 Å². The molecule has 0 atom stereocenters. The summed E-state index contributed by atoms with van der Waals surface area (Å²) in [6, 6.07) is 0. The molecule has 0 saturated carbocycles. The Morgan fingerprint density at radius 2 is 2.58 bits per heavy atom. The molecule has 1 aliphatic heterocycles. The van der Waals surface area contributed by atoms with Crippen LogP contribution >= 0.6 is 11.7 Å². The molecule has 12 heavy (non-hydrogen) atoms. The third-order valence-corrected chi connectivity index (χ3v) is 2.00. The van der Waals surface area contributed by atoms with Crippen molar-refractivity contribution in [1.29, 1.82) is 0 Å². The summed E-state index contributed by atoms with van der Waals surface area (Å²) in [6.07, 6.45) is 4.04. The molecule has 0 fully saturated rings. The molecule has 0 unspecified atom stereocenters. The van der Waals surface area contributed by atoms with E-state index in [1.165, 1.54) is 6.20 Å². The van der Waals surface area contributed by atoms with Crippen LogP contribution in [0.1, 0.15) is 16.9 Å². The van der Waals surface area contributed by atoms with Crippen molar-refractivity contribution in [2.45, 2.75) is 6.42 Å². The number of Topliss-reactive ketones (excluding diaryl/α,β-unsaturated/α-hetero) is 1. The second-order valence-electron chi connectivity index (χ2n) is 2.33. The summed E-state index contributed by atoms with van der Waals surface area (Å²) in [6.45, 7) is 0.596. The largest absolute Gasteiger partial charge is 0.489 e. The predicted molar refractivity (Wildman–Crippen MR) is 42.9 cm³/mol. The van der Waals surface area contributed by atoms with Gasteiger partial charge in [-0.25, -0.2) is 0 Å². The predicted octanol–water partition coefficient (Wildman–Crippen LogP) is 1.02. The third kappa shape index (κ3) is 1.23. The van der Waals surface area contributed by atoms with Gasteiger partial charge in [-0.15, -0.1) is 0 Å². The van der Waals surface area contributed by atoms with Crippen molar-refractivity contribution < 1.29 is 9.53 Å². The number of carbonyl (C=O) groups is 1. The van der Waals surface area contributed by atoms with E-state index in [1.807, 2.05) is 0 Å². The van der Waals surface area contributed by atoms with Gasteiger partial charge in [-0.2, -0.15) is 8.75 Å². The molecule has 1 aromatic rings. The van der Waals surface area contributed by atoms with E-state index in [1.54, 1.807) is 6.08 Å². The summed E-state index contributed by atoms with van der Waals surface area (Å²) in [5.74, 6) is 0.240. The van der Waals surface area contributed by atoms with Gasteiger partial charge in [0.05, 0.1) is 24.5 Å². The minimum Gasteiger partial charge on any atom is -0.489 e. The first kappa shape index (κ1) is 7.42. The lowest BCUT2D eigenvalue weighted by molar-refractivity contribution is 0.0938. The molecule has 5 heteroatoms. The van der Waals surface area contributed by atoms with Gasteiger partial charge in [0.2, 0.25) is 5.78 Å². The molecule has 62 valence electrons. The Kier molecular flexibility index (Phi) is 1.87. The van der Waals surface area contributed by atoms with Gasteiger partial charge < -0.3 is 4.74 Å². The molecule has 0 radical (unpaired) electrons. The van der Waals surface area contributed by atoms with Crippen LogP contribution in [-0.4, -0.2) is 21.1 Å². The molecule has 0 aliphatic carbocycles. The van der Waals surface area contributed by atoms with Crippen molar-refractivity contribution >= 4 is 17.5 Å². The summed E-state index contributed by atoms with van der Waals surface area (Å²) in [7, 11) is 0. The lowest BCUT2D eigenvalue weighted by atomic mass is 10.2. The summed E-state index contributed by atoms with van der Waals surface area (Å²) < 4.78 is 12.6. The number of aromatic nitrogens is 2. The fourth-order valence-corrected chi connectivity index (χ4v) is 1.38. The first-order chi connectivity index (χ1) is 5.88. The third-order valence-electron chi connectivity index (χ3n) is 1.52.